The SMILES string of the molecule is CCCCCCCCCCCCCCCCCCCOCCNCCOCCCCCCCCCCCCCCCCCC. The van der Waals surface area contributed by atoms with Gasteiger partial charge in [-0.25, -0.2) is 0 Å². The standard InChI is InChI=1S/C41H85NO2/c1-3-5-7-9-11-13-15-17-19-21-23-25-27-29-31-33-35-39-44-41-37-42-36-40-43-38-34-32-30-28-26-24-22-20-18-16-14-12-10-8-6-4-2/h42H,3-41H2,1-2H3. The molecule has 266 valence electrons. The van der Waals surface area contributed by atoms with Crippen LogP contribution in [0.5, 0.6) is 0 Å². The number of hydrogen-bond acceptors (Lipinski definition) is 3. The first kappa shape index (κ1) is 43.9. The molecule has 1 N–H and O–H groups in total. The van der Waals surface area contributed by atoms with Gasteiger partial charge >= 0.3 is 0 Å². The van der Waals surface area contributed by atoms with Crippen molar-refractivity contribution in [2.24, 2.45) is 0 Å². The number of nitrogens with one attached hydrogen (secondary N) is 1. The van der Waals surface area contributed by atoms with Crippen molar-refractivity contribution >= 4 is 0 Å². The third-order valence-corrected chi connectivity index (χ3v) is 9.38. The van der Waals surface area contributed by atoms with Crippen LogP contribution in [0.25, 0.3) is 0 Å². The van der Waals surface area contributed by atoms with E-state index in [2.05, 4.69) is 19.2 Å². The van der Waals surface area contributed by atoms with Gasteiger partial charge in [-0.15, -0.1) is 0 Å². The molecular formula is C41H85NO2. The third kappa shape index (κ3) is 41.9. The highest BCUT2D eigenvalue weighted by Crippen LogP contribution is 2.15. The Morgan fingerprint density at radius 3 is 0.682 bits per heavy atom. The first-order chi connectivity index (χ1) is 21.9. The molecule has 0 aromatic carbocycles. The molecule has 3 nitrogen and oxygen atoms in total. The van der Waals surface area contributed by atoms with Crippen LogP contribution in [0, 0.1) is 0 Å². The van der Waals surface area contributed by atoms with Gasteiger partial charge in [-0.2, -0.15) is 0 Å². The first-order valence-corrected chi connectivity index (χ1v) is 20.8. The minimum Gasteiger partial charge on any atom is -0.380 e. The Balaban J connectivity index is 3.03. The predicted molar refractivity (Wildman–Crippen MR) is 198 cm³/mol. The summed E-state index contributed by atoms with van der Waals surface area (Å²) in [4.78, 5) is 0. The summed E-state index contributed by atoms with van der Waals surface area (Å²) in [5.74, 6) is 0. The Morgan fingerprint density at radius 2 is 0.455 bits per heavy atom. The lowest BCUT2D eigenvalue weighted by Crippen LogP contribution is -2.24. The number of hydrogen-bond donors (Lipinski definition) is 1. The van der Waals surface area contributed by atoms with Gasteiger partial charge in [-0.3, -0.25) is 0 Å². The van der Waals surface area contributed by atoms with Gasteiger partial charge in [-0.05, 0) is 12.8 Å². The van der Waals surface area contributed by atoms with E-state index in [0.29, 0.717) is 0 Å². The second-order valence-electron chi connectivity index (χ2n) is 13.9. The van der Waals surface area contributed by atoms with Gasteiger partial charge in [0.15, 0.2) is 0 Å². The van der Waals surface area contributed by atoms with Crippen molar-refractivity contribution in [3.63, 3.8) is 0 Å². The third-order valence-electron chi connectivity index (χ3n) is 9.38. The molecule has 0 aromatic heterocycles. The maximum absolute atomic E-state index is 5.80. The van der Waals surface area contributed by atoms with E-state index in [0.717, 1.165) is 39.5 Å². The Kier molecular flexibility index (Phi) is 42.8. The Labute approximate surface area is 279 Å². The summed E-state index contributed by atoms with van der Waals surface area (Å²) in [6.45, 7) is 10.0. The van der Waals surface area contributed by atoms with E-state index in [1.807, 2.05) is 0 Å². The van der Waals surface area contributed by atoms with Crippen molar-refractivity contribution < 1.29 is 9.47 Å². The molecule has 0 unspecified atom stereocenters. The minimum absolute atomic E-state index is 0.831. The molecule has 0 saturated heterocycles. The number of ether oxygens (including phenoxy) is 2. The second kappa shape index (κ2) is 42.9. The molecule has 0 aromatic rings. The molecule has 0 spiro atoms. The van der Waals surface area contributed by atoms with E-state index in [1.165, 1.54) is 212 Å². The first-order valence-electron chi connectivity index (χ1n) is 20.8. The van der Waals surface area contributed by atoms with Crippen LogP contribution in [0.1, 0.15) is 226 Å². The fraction of sp³-hybridized carbons (Fsp3) is 1.00. The van der Waals surface area contributed by atoms with Crippen LogP contribution in [0.4, 0.5) is 0 Å². The quantitative estimate of drug-likeness (QED) is 0.0687. The Morgan fingerprint density at radius 1 is 0.250 bits per heavy atom. The summed E-state index contributed by atoms with van der Waals surface area (Å²) >= 11 is 0. The fourth-order valence-corrected chi connectivity index (χ4v) is 6.30. The minimum atomic E-state index is 0.831. The zero-order valence-corrected chi connectivity index (χ0v) is 30.9. The smallest absolute Gasteiger partial charge is 0.0590 e. The van der Waals surface area contributed by atoms with Crippen molar-refractivity contribution in [2.75, 3.05) is 39.5 Å². The maximum atomic E-state index is 5.80. The van der Waals surface area contributed by atoms with Crippen LogP contribution in [0.15, 0.2) is 0 Å². The lowest BCUT2D eigenvalue weighted by molar-refractivity contribution is 0.117. The van der Waals surface area contributed by atoms with Gasteiger partial charge < -0.3 is 14.8 Å². The van der Waals surface area contributed by atoms with Crippen LogP contribution in [0.3, 0.4) is 0 Å². The van der Waals surface area contributed by atoms with Gasteiger partial charge in [0.1, 0.15) is 0 Å². The fourth-order valence-electron chi connectivity index (χ4n) is 6.30. The monoisotopic (exact) mass is 624 g/mol. The molecule has 0 radical (unpaired) electrons. The molecular weight excluding hydrogens is 538 g/mol. The van der Waals surface area contributed by atoms with E-state index in [1.54, 1.807) is 0 Å². The molecule has 0 saturated carbocycles. The van der Waals surface area contributed by atoms with Gasteiger partial charge in [0.25, 0.3) is 0 Å². The summed E-state index contributed by atoms with van der Waals surface area (Å²) in [6, 6.07) is 0. The number of rotatable bonds is 41. The number of unbranched alkanes of at least 4 members (excludes halogenated alkanes) is 31. The zero-order valence-electron chi connectivity index (χ0n) is 30.9. The topological polar surface area (TPSA) is 30.5 Å². The highest BCUT2D eigenvalue weighted by Gasteiger charge is 1.97. The summed E-state index contributed by atoms with van der Waals surface area (Å²) in [7, 11) is 0. The van der Waals surface area contributed by atoms with Gasteiger partial charge in [0.2, 0.25) is 0 Å². The van der Waals surface area contributed by atoms with E-state index >= 15 is 0 Å². The average molecular weight is 624 g/mol. The molecule has 0 fully saturated rings. The Hall–Kier alpha value is -0.120. The molecule has 0 aliphatic carbocycles. The van der Waals surface area contributed by atoms with Crippen LogP contribution in [0.2, 0.25) is 0 Å². The molecule has 0 atom stereocenters. The molecule has 0 bridgehead atoms. The van der Waals surface area contributed by atoms with Crippen LogP contribution >= 0.6 is 0 Å². The zero-order chi connectivity index (χ0) is 31.7. The summed E-state index contributed by atoms with van der Waals surface area (Å²) in [5.41, 5.74) is 0. The Bertz CT molecular complexity index is 430. The molecule has 44 heavy (non-hydrogen) atoms. The molecule has 0 heterocycles. The largest absolute Gasteiger partial charge is 0.380 e. The van der Waals surface area contributed by atoms with Gasteiger partial charge in [0, 0.05) is 26.3 Å². The van der Waals surface area contributed by atoms with E-state index in [4.69, 9.17) is 9.47 Å². The summed E-state index contributed by atoms with van der Waals surface area (Å²) in [5, 5.41) is 3.45. The van der Waals surface area contributed by atoms with Crippen molar-refractivity contribution in [1.82, 2.24) is 5.32 Å². The predicted octanol–water partition coefficient (Wildman–Crippen LogP) is 13.5. The lowest BCUT2D eigenvalue weighted by Gasteiger charge is -2.07. The van der Waals surface area contributed by atoms with Gasteiger partial charge in [0.05, 0.1) is 13.2 Å². The highest BCUT2D eigenvalue weighted by atomic mass is 16.5. The van der Waals surface area contributed by atoms with Crippen LogP contribution in [-0.4, -0.2) is 39.5 Å². The highest BCUT2D eigenvalue weighted by molar-refractivity contribution is 4.52. The van der Waals surface area contributed by atoms with Crippen molar-refractivity contribution in [3.05, 3.63) is 0 Å². The lowest BCUT2D eigenvalue weighted by atomic mass is 10.0. The normalized spacial score (nSPS) is 11.6. The summed E-state index contributed by atoms with van der Waals surface area (Å²) < 4.78 is 11.6. The van der Waals surface area contributed by atoms with E-state index in [-0.39, 0.29) is 0 Å². The summed E-state index contributed by atoms with van der Waals surface area (Å²) in [6.07, 6.45) is 46.9. The van der Waals surface area contributed by atoms with Crippen molar-refractivity contribution in [2.45, 2.75) is 226 Å². The van der Waals surface area contributed by atoms with Crippen molar-refractivity contribution in [1.29, 1.82) is 0 Å². The molecule has 0 aliphatic heterocycles. The van der Waals surface area contributed by atoms with Crippen LogP contribution in [-0.2, 0) is 9.47 Å². The molecule has 0 rings (SSSR count). The van der Waals surface area contributed by atoms with E-state index in [9.17, 15) is 0 Å². The average Bonchev–Trinajstić information content (AvgIpc) is 3.04. The molecule has 0 amide bonds. The van der Waals surface area contributed by atoms with E-state index < -0.39 is 0 Å². The van der Waals surface area contributed by atoms with Crippen LogP contribution < -0.4 is 5.32 Å². The molecule has 3 heteroatoms. The van der Waals surface area contributed by atoms with Gasteiger partial charge in [-0.1, -0.05) is 213 Å². The maximum Gasteiger partial charge on any atom is 0.0590 e. The molecule has 0 aliphatic rings. The van der Waals surface area contributed by atoms with Crippen molar-refractivity contribution in [3.8, 4) is 0 Å². The second-order valence-corrected chi connectivity index (χ2v) is 13.9.